The lowest BCUT2D eigenvalue weighted by molar-refractivity contribution is 0.374. The van der Waals surface area contributed by atoms with E-state index in [0.717, 1.165) is 22.0 Å². The average Bonchev–Trinajstić information content (AvgIpc) is 2.47. The van der Waals surface area contributed by atoms with Gasteiger partial charge in [-0.25, -0.2) is 0 Å². The first-order chi connectivity index (χ1) is 9.29. The van der Waals surface area contributed by atoms with E-state index in [9.17, 15) is 5.11 Å². The smallest absolute Gasteiger partial charge is 0.165 e. The Hall–Kier alpha value is -2.55. The van der Waals surface area contributed by atoms with Crippen LogP contribution in [0.15, 0.2) is 54.7 Å². The van der Waals surface area contributed by atoms with Gasteiger partial charge in [0.2, 0.25) is 0 Å². The molecule has 0 atom stereocenters. The first-order valence-electron chi connectivity index (χ1n) is 6.01. The number of aromatic hydroxyl groups is 1. The van der Waals surface area contributed by atoms with Crippen LogP contribution in [0.1, 0.15) is 0 Å². The van der Waals surface area contributed by atoms with Gasteiger partial charge in [-0.2, -0.15) is 0 Å². The summed E-state index contributed by atoms with van der Waals surface area (Å²) in [5.74, 6) is 0.624. The van der Waals surface area contributed by atoms with E-state index in [1.165, 1.54) is 0 Å². The third-order valence-electron chi connectivity index (χ3n) is 3.14. The quantitative estimate of drug-likeness (QED) is 0.756. The summed E-state index contributed by atoms with van der Waals surface area (Å²) in [7, 11) is 1.54. The fourth-order valence-electron chi connectivity index (χ4n) is 2.15. The molecule has 3 heteroatoms. The summed E-state index contributed by atoms with van der Waals surface area (Å²) in [5.41, 5.74) is 2.57. The zero-order valence-corrected chi connectivity index (χ0v) is 10.5. The van der Waals surface area contributed by atoms with Crippen molar-refractivity contribution in [3.63, 3.8) is 0 Å². The number of ether oxygens (including phenoxy) is 1. The number of pyridine rings is 1. The van der Waals surface area contributed by atoms with E-state index in [1.807, 2.05) is 42.5 Å². The molecule has 1 heterocycles. The molecule has 3 aromatic rings. The Morgan fingerprint density at radius 1 is 1.05 bits per heavy atom. The zero-order chi connectivity index (χ0) is 13.2. The van der Waals surface area contributed by atoms with Crippen molar-refractivity contribution < 1.29 is 9.84 Å². The van der Waals surface area contributed by atoms with Crippen molar-refractivity contribution in [2.24, 2.45) is 0 Å². The van der Waals surface area contributed by atoms with Crippen LogP contribution in [0.5, 0.6) is 11.5 Å². The maximum atomic E-state index is 10.2. The van der Waals surface area contributed by atoms with Gasteiger partial charge in [0.25, 0.3) is 0 Å². The SMILES string of the molecule is COc1cccc(-c2ccc3cccnc3c2)c1O. The maximum absolute atomic E-state index is 10.2. The fourth-order valence-corrected chi connectivity index (χ4v) is 2.15. The number of fused-ring (bicyclic) bond motifs is 1. The van der Waals surface area contributed by atoms with Gasteiger partial charge in [-0.15, -0.1) is 0 Å². The highest BCUT2D eigenvalue weighted by atomic mass is 16.5. The number of hydrogen-bond acceptors (Lipinski definition) is 3. The van der Waals surface area contributed by atoms with E-state index >= 15 is 0 Å². The van der Waals surface area contributed by atoms with Crippen LogP contribution in [0.2, 0.25) is 0 Å². The summed E-state index contributed by atoms with van der Waals surface area (Å²) in [6, 6.07) is 15.3. The molecule has 2 aromatic carbocycles. The number of para-hydroxylation sites is 1. The highest BCUT2D eigenvalue weighted by Gasteiger charge is 2.09. The molecule has 0 aliphatic rings. The monoisotopic (exact) mass is 251 g/mol. The minimum absolute atomic E-state index is 0.153. The molecule has 0 amide bonds. The molecule has 0 aliphatic carbocycles. The largest absolute Gasteiger partial charge is 0.504 e. The van der Waals surface area contributed by atoms with Crippen LogP contribution < -0.4 is 4.74 Å². The Morgan fingerprint density at radius 2 is 1.95 bits per heavy atom. The number of phenols is 1. The second-order valence-corrected chi connectivity index (χ2v) is 4.27. The highest BCUT2D eigenvalue weighted by Crippen LogP contribution is 2.37. The number of nitrogens with zero attached hydrogens (tertiary/aromatic N) is 1. The number of phenolic OH excluding ortho intramolecular Hbond substituents is 1. The maximum Gasteiger partial charge on any atom is 0.165 e. The molecule has 3 rings (SSSR count). The molecule has 0 saturated heterocycles. The van der Waals surface area contributed by atoms with Crippen molar-refractivity contribution in [3.05, 3.63) is 54.7 Å². The molecule has 94 valence electrons. The predicted molar refractivity (Wildman–Crippen MR) is 75.4 cm³/mol. The van der Waals surface area contributed by atoms with Crippen LogP contribution >= 0.6 is 0 Å². The Labute approximate surface area is 111 Å². The van der Waals surface area contributed by atoms with Gasteiger partial charge >= 0.3 is 0 Å². The van der Waals surface area contributed by atoms with Crippen LogP contribution in [0.4, 0.5) is 0 Å². The third kappa shape index (κ3) is 1.99. The lowest BCUT2D eigenvalue weighted by atomic mass is 10.0. The Balaban J connectivity index is 2.19. The van der Waals surface area contributed by atoms with Crippen LogP contribution in [0.3, 0.4) is 0 Å². The van der Waals surface area contributed by atoms with Gasteiger partial charge in [0.05, 0.1) is 12.6 Å². The van der Waals surface area contributed by atoms with Crippen LogP contribution in [-0.2, 0) is 0 Å². The minimum atomic E-state index is 0.153. The van der Waals surface area contributed by atoms with E-state index in [0.29, 0.717) is 5.75 Å². The number of hydrogen-bond donors (Lipinski definition) is 1. The van der Waals surface area contributed by atoms with E-state index in [1.54, 1.807) is 19.4 Å². The van der Waals surface area contributed by atoms with Crippen molar-refractivity contribution in [2.45, 2.75) is 0 Å². The Morgan fingerprint density at radius 3 is 2.79 bits per heavy atom. The van der Waals surface area contributed by atoms with Gasteiger partial charge in [0.1, 0.15) is 0 Å². The zero-order valence-electron chi connectivity index (χ0n) is 10.5. The molecule has 1 N–H and O–H groups in total. The van der Waals surface area contributed by atoms with Gasteiger partial charge in [0, 0.05) is 17.1 Å². The van der Waals surface area contributed by atoms with E-state index in [-0.39, 0.29) is 5.75 Å². The average molecular weight is 251 g/mol. The molecule has 0 spiro atoms. The lowest BCUT2D eigenvalue weighted by Crippen LogP contribution is -1.87. The lowest BCUT2D eigenvalue weighted by Gasteiger charge is -2.09. The third-order valence-corrected chi connectivity index (χ3v) is 3.14. The van der Waals surface area contributed by atoms with Gasteiger partial charge in [0.15, 0.2) is 11.5 Å². The standard InChI is InChI=1S/C16H13NO2/c1-19-15-6-2-5-13(16(15)18)12-8-7-11-4-3-9-17-14(11)10-12/h2-10,18H,1H3. The number of methoxy groups -OCH3 is 1. The van der Waals surface area contributed by atoms with Gasteiger partial charge in [-0.1, -0.05) is 30.3 Å². The molecule has 19 heavy (non-hydrogen) atoms. The van der Waals surface area contributed by atoms with Gasteiger partial charge < -0.3 is 9.84 Å². The van der Waals surface area contributed by atoms with Gasteiger partial charge in [-0.3, -0.25) is 4.98 Å². The highest BCUT2D eigenvalue weighted by molar-refractivity contribution is 5.85. The molecular formula is C16H13NO2. The Kier molecular flexibility index (Phi) is 2.80. The van der Waals surface area contributed by atoms with Crippen molar-refractivity contribution in [2.75, 3.05) is 7.11 Å². The molecule has 0 aliphatic heterocycles. The second kappa shape index (κ2) is 4.61. The van der Waals surface area contributed by atoms with Gasteiger partial charge in [-0.05, 0) is 23.8 Å². The molecule has 0 unspecified atom stereocenters. The summed E-state index contributed by atoms with van der Waals surface area (Å²) in [6.45, 7) is 0. The number of aromatic nitrogens is 1. The van der Waals surface area contributed by atoms with Crippen LogP contribution in [0.25, 0.3) is 22.0 Å². The fraction of sp³-hybridized carbons (Fsp3) is 0.0625. The molecule has 1 aromatic heterocycles. The summed E-state index contributed by atoms with van der Waals surface area (Å²) >= 11 is 0. The van der Waals surface area contributed by atoms with E-state index in [2.05, 4.69) is 4.98 Å². The summed E-state index contributed by atoms with van der Waals surface area (Å²) in [4.78, 5) is 4.33. The number of benzene rings is 2. The predicted octanol–water partition coefficient (Wildman–Crippen LogP) is 3.62. The Bertz CT molecular complexity index is 738. The van der Waals surface area contributed by atoms with E-state index < -0.39 is 0 Å². The first-order valence-corrected chi connectivity index (χ1v) is 6.01. The van der Waals surface area contributed by atoms with E-state index in [4.69, 9.17) is 4.74 Å². The van der Waals surface area contributed by atoms with Crippen molar-refractivity contribution in [1.82, 2.24) is 4.98 Å². The first kappa shape index (κ1) is 11.5. The number of rotatable bonds is 2. The summed E-state index contributed by atoms with van der Waals surface area (Å²) in [6.07, 6.45) is 1.76. The van der Waals surface area contributed by atoms with Crippen molar-refractivity contribution >= 4 is 10.9 Å². The van der Waals surface area contributed by atoms with Crippen molar-refractivity contribution in [1.29, 1.82) is 0 Å². The normalized spacial score (nSPS) is 10.6. The molecule has 0 radical (unpaired) electrons. The van der Waals surface area contributed by atoms with Crippen molar-refractivity contribution in [3.8, 4) is 22.6 Å². The minimum Gasteiger partial charge on any atom is -0.504 e. The molecule has 0 saturated carbocycles. The molecule has 0 fully saturated rings. The topological polar surface area (TPSA) is 42.4 Å². The summed E-state index contributed by atoms with van der Waals surface area (Å²) < 4.78 is 5.13. The van der Waals surface area contributed by atoms with Crippen LogP contribution in [0, 0.1) is 0 Å². The molecule has 0 bridgehead atoms. The second-order valence-electron chi connectivity index (χ2n) is 4.27. The van der Waals surface area contributed by atoms with Crippen LogP contribution in [-0.4, -0.2) is 17.2 Å². The molecule has 3 nitrogen and oxygen atoms in total. The summed E-state index contributed by atoms with van der Waals surface area (Å²) in [5, 5.41) is 11.2. The molecular weight excluding hydrogens is 238 g/mol.